The second kappa shape index (κ2) is 4.35. The zero-order valence-electron chi connectivity index (χ0n) is 9.15. The van der Waals surface area contributed by atoms with Crippen LogP contribution in [-0.2, 0) is 13.0 Å². The summed E-state index contributed by atoms with van der Waals surface area (Å²) in [6, 6.07) is 6.40. The van der Waals surface area contributed by atoms with Crippen LogP contribution in [0.4, 0.5) is 10.2 Å². The van der Waals surface area contributed by atoms with Gasteiger partial charge in [-0.2, -0.15) is 0 Å². The number of aryl methyl sites for hydroxylation is 1. The van der Waals surface area contributed by atoms with Crippen molar-refractivity contribution in [1.29, 1.82) is 0 Å². The molecule has 2 N–H and O–H groups in total. The Balaban J connectivity index is 2.20. The number of imidazole rings is 1. The molecule has 0 aliphatic heterocycles. The first kappa shape index (κ1) is 10.7. The quantitative estimate of drug-likeness (QED) is 0.860. The van der Waals surface area contributed by atoms with E-state index in [9.17, 15) is 4.39 Å². The summed E-state index contributed by atoms with van der Waals surface area (Å²) >= 11 is 0. The summed E-state index contributed by atoms with van der Waals surface area (Å²) in [6.45, 7) is 2.64. The number of nitrogens with two attached hydrogens (primary N) is 1. The molecule has 0 radical (unpaired) electrons. The van der Waals surface area contributed by atoms with Crippen LogP contribution in [-0.4, -0.2) is 9.55 Å². The van der Waals surface area contributed by atoms with E-state index in [0.29, 0.717) is 12.4 Å². The van der Waals surface area contributed by atoms with E-state index in [1.165, 1.54) is 12.1 Å². The fourth-order valence-electron chi connectivity index (χ4n) is 1.62. The lowest BCUT2D eigenvalue weighted by Crippen LogP contribution is -2.04. The highest BCUT2D eigenvalue weighted by Gasteiger charge is 2.05. The van der Waals surface area contributed by atoms with Crippen LogP contribution in [0.25, 0.3) is 0 Å². The molecule has 0 aliphatic carbocycles. The summed E-state index contributed by atoms with van der Waals surface area (Å²) in [5.41, 5.74) is 7.83. The first-order chi connectivity index (χ1) is 7.70. The fraction of sp³-hybridized carbons (Fsp3) is 0.250. The number of rotatable bonds is 3. The van der Waals surface area contributed by atoms with Gasteiger partial charge in [0.15, 0.2) is 0 Å². The number of halogens is 1. The number of benzene rings is 1. The molecule has 2 rings (SSSR count). The SMILES string of the molecule is CCc1ncn(Cc2ccc(F)cc2)c1N. The Morgan fingerprint density at radius 2 is 2.00 bits per heavy atom. The van der Waals surface area contributed by atoms with Crippen LogP contribution in [0.5, 0.6) is 0 Å². The number of hydrogen-bond acceptors (Lipinski definition) is 2. The highest BCUT2D eigenvalue weighted by atomic mass is 19.1. The van der Waals surface area contributed by atoms with E-state index >= 15 is 0 Å². The monoisotopic (exact) mass is 219 g/mol. The molecule has 1 aromatic carbocycles. The van der Waals surface area contributed by atoms with Gasteiger partial charge in [-0.15, -0.1) is 0 Å². The Bertz CT molecular complexity index is 474. The third-order valence-electron chi connectivity index (χ3n) is 2.56. The summed E-state index contributed by atoms with van der Waals surface area (Å²) in [5, 5.41) is 0. The lowest BCUT2D eigenvalue weighted by Gasteiger charge is -2.05. The van der Waals surface area contributed by atoms with Crippen LogP contribution >= 0.6 is 0 Å². The van der Waals surface area contributed by atoms with Crippen molar-refractivity contribution in [2.45, 2.75) is 19.9 Å². The Labute approximate surface area is 93.7 Å². The summed E-state index contributed by atoms with van der Waals surface area (Å²) in [6.07, 6.45) is 2.54. The van der Waals surface area contributed by atoms with Gasteiger partial charge in [0.25, 0.3) is 0 Å². The second-order valence-electron chi connectivity index (χ2n) is 3.68. The van der Waals surface area contributed by atoms with Crippen molar-refractivity contribution in [2.75, 3.05) is 5.73 Å². The van der Waals surface area contributed by atoms with Crippen molar-refractivity contribution in [3.8, 4) is 0 Å². The minimum Gasteiger partial charge on any atom is -0.384 e. The van der Waals surface area contributed by atoms with Crippen molar-refractivity contribution in [2.24, 2.45) is 0 Å². The maximum atomic E-state index is 12.7. The molecule has 0 fully saturated rings. The first-order valence-corrected chi connectivity index (χ1v) is 5.24. The Morgan fingerprint density at radius 3 is 2.56 bits per heavy atom. The zero-order chi connectivity index (χ0) is 11.5. The first-order valence-electron chi connectivity index (χ1n) is 5.24. The maximum absolute atomic E-state index is 12.7. The van der Waals surface area contributed by atoms with Crippen molar-refractivity contribution in [3.63, 3.8) is 0 Å². The minimum absolute atomic E-state index is 0.225. The molecule has 3 nitrogen and oxygen atoms in total. The molecule has 0 saturated heterocycles. The van der Waals surface area contributed by atoms with Gasteiger partial charge in [0.05, 0.1) is 18.6 Å². The predicted molar refractivity (Wildman–Crippen MR) is 61.5 cm³/mol. The van der Waals surface area contributed by atoms with E-state index in [0.717, 1.165) is 17.7 Å². The van der Waals surface area contributed by atoms with E-state index in [-0.39, 0.29) is 5.82 Å². The van der Waals surface area contributed by atoms with Gasteiger partial charge in [-0.3, -0.25) is 0 Å². The van der Waals surface area contributed by atoms with Gasteiger partial charge in [-0.1, -0.05) is 19.1 Å². The number of nitrogens with zero attached hydrogens (tertiary/aromatic N) is 2. The van der Waals surface area contributed by atoms with Crippen LogP contribution in [0, 0.1) is 5.82 Å². The summed E-state index contributed by atoms with van der Waals surface area (Å²) in [5.74, 6) is 0.462. The third-order valence-corrected chi connectivity index (χ3v) is 2.56. The molecule has 4 heteroatoms. The average molecular weight is 219 g/mol. The molecule has 0 atom stereocenters. The number of aromatic nitrogens is 2. The largest absolute Gasteiger partial charge is 0.384 e. The molecule has 0 spiro atoms. The smallest absolute Gasteiger partial charge is 0.126 e. The number of anilines is 1. The molecular formula is C12H14FN3. The van der Waals surface area contributed by atoms with Crippen LogP contribution < -0.4 is 5.73 Å². The van der Waals surface area contributed by atoms with E-state index in [1.807, 2.05) is 11.5 Å². The average Bonchev–Trinajstić information content (AvgIpc) is 2.63. The highest BCUT2D eigenvalue weighted by molar-refractivity contribution is 5.36. The van der Waals surface area contributed by atoms with Crippen LogP contribution in [0.15, 0.2) is 30.6 Å². The zero-order valence-corrected chi connectivity index (χ0v) is 9.15. The maximum Gasteiger partial charge on any atom is 0.126 e. The van der Waals surface area contributed by atoms with E-state index in [1.54, 1.807) is 18.5 Å². The Morgan fingerprint density at radius 1 is 1.31 bits per heavy atom. The lowest BCUT2D eigenvalue weighted by atomic mass is 10.2. The second-order valence-corrected chi connectivity index (χ2v) is 3.68. The van der Waals surface area contributed by atoms with Crippen LogP contribution in [0.3, 0.4) is 0 Å². The van der Waals surface area contributed by atoms with Crippen molar-refractivity contribution >= 4 is 5.82 Å². The van der Waals surface area contributed by atoms with Gasteiger partial charge in [-0.05, 0) is 24.1 Å². The molecule has 0 aliphatic rings. The molecule has 0 unspecified atom stereocenters. The number of nitrogen functional groups attached to an aromatic ring is 1. The molecule has 16 heavy (non-hydrogen) atoms. The van der Waals surface area contributed by atoms with Gasteiger partial charge < -0.3 is 10.3 Å². The molecular weight excluding hydrogens is 205 g/mol. The summed E-state index contributed by atoms with van der Waals surface area (Å²) < 4.78 is 14.6. The molecule has 84 valence electrons. The molecule has 1 heterocycles. The standard InChI is InChI=1S/C12H14FN3/c1-2-11-12(14)16(8-15-11)7-9-3-5-10(13)6-4-9/h3-6,8H,2,7,14H2,1H3. The van der Waals surface area contributed by atoms with E-state index in [2.05, 4.69) is 4.98 Å². The minimum atomic E-state index is -0.225. The summed E-state index contributed by atoms with van der Waals surface area (Å²) in [4.78, 5) is 4.21. The molecule has 0 saturated carbocycles. The summed E-state index contributed by atoms with van der Waals surface area (Å²) in [7, 11) is 0. The fourth-order valence-corrected chi connectivity index (χ4v) is 1.62. The van der Waals surface area contributed by atoms with E-state index in [4.69, 9.17) is 5.73 Å². The van der Waals surface area contributed by atoms with Crippen LogP contribution in [0.1, 0.15) is 18.2 Å². The molecule has 2 aromatic rings. The number of hydrogen-bond donors (Lipinski definition) is 1. The molecule has 1 aromatic heterocycles. The van der Waals surface area contributed by atoms with Crippen molar-refractivity contribution in [1.82, 2.24) is 9.55 Å². The lowest BCUT2D eigenvalue weighted by molar-refractivity contribution is 0.626. The van der Waals surface area contributed by atoms with E-state index < -0.39 is 0 Å². The molecule has 0 bridgehead atoms. The third kappa shape index (κ3) is 2.05. The topological polar surface area (TPSA) is 43.8 Å². The predicted octanol–water partition coefficient (Wildman–Crippen LogP) is 2.22. The van der Waals surface area contributed by atoms with Crippen molar-refractivity contribution in [3.05, 3.63) is 47.7 Å². The van der Waals surface area contributed by atoms with Gasteiger partial charge >= 0.3 is 0 Å². The van der Waals surface area contributed by atoms with Gasteiger partial charge in [-0.25, -0.2) is 9.37 Å². The van der Waals surface area contributed by atoms with Gasteiger partial charge in [0.1, 0.15) is 11.6 Å². The van der Waals surface area contributed by atoms with Crippen molar-refractivity contribution < 1.29 is 4.39 Å². The Kier molecular flexibility index (Phi) is 2.90. The van der Waals surface area contributed by atoms with Gasteiger partial charge in [0, 0.05) is 0 Å². The molecule has 0 amide bonds. The van der Waals surface area contributed by atoms with Crippen LogP contribution in [0.2, 0.25) is 0 Å². The normalized spacial score (nSPS) is 10.6. The van der Waals surface area contributed by atoms with Gasteiger partial charge in [0.2, 0.25) is 0 Å². The highest BCUT2D eigenvalue weighted by Crippen LogP contribution is 2.13. The Hall–Kier alpha value is -1.84.